The molecule has 1 saturated carbocycles. The standard InChI is InChI=1S/C16H27F3N4O3S/c1-15(2)12(11-6-9-26-13(11)15)22-14(20-3)21-10-4-7-23(8-5-10)27(24,25)16(17,18)19/h10-13H,4-9H2,1-3H3,(H2,20,21,22). The second-order valence-electron chi connectivity index (χ2n) is 8.03. The molecule has 27 heavy (non-hydrogen) atoms. The maximum Gasteiger partial charge on any atom is 0.511 e. The Kier molecular flexibility index (Phi) is 5.41. The highest BCUT2D eigenvalue weighted by atomic mass is 32.2. The van der Waals surface area contributed by atoms with Crippen molar-refractivity contribution in [2.24, 2.45) is 16.3 Å². The minimum atomic E-state index is -5.25. The molecule has 3 rings (SSSR count). The normalized spacial score (nSPS) is 32.7. The number of fused-ring (bicyclic) bond motifs is 1. The number of aliphatic imine (C=N–C) groups is 1. The van der Waals surface area contributed by atoms with E-state index in [4.69, 9.17) is 4.74 Å². The van der Waals surface area contributed by atoms with Crippen LogP contribution in [0.5, 0.6) is 0 Å². The van der Waals surface area contributed by atoms with Gasteiger partial charge in [-0.25, -0.2) is 8.42 Å². The highest BCUT2D eigenvalue weighted by Gasteiger charge is 2.59. The van der Waals surface area contributed by atoms with E-state index in [1.54, 1.807) is 7.05 Å². The van der Waals surface area contributed by atoms with Crippen LogP contribution in [-0.4, -0.2) is 69.1 Å². The zero-order valence-electron chi connectivity index (χ0n) is 15.7. The first kappa shape index (κ1) is 20.7. The lowest BCUT2D eigenvalue weighted by atomic mass is 9.57. The molecule has 0 bridgehead atoms. The van der Waals surface area contributed by atoms with E-state index in [2.05, 4.69) is 29.5 Å². The van der Waals surface area contributed by atoms with Gasteiger partial charge in [0.1, 0.15) is 0 Å². The Morgan fingerprint density at radius 1 is 1.19 bits per heavy atom. The minimum Gasteiger partial charge on any atom is -0.377 e. The number of rotatable bonds is 3. The number of alkyl halides is 3. The van der Waals surface area contributed by atoms with Gasteiger partial charge < -0.3 is 15.4 Å². The highest BCUT2D eigenvalue weighted by Crippen LogP contribution is 2.52. The third-order valence-electron chi connectivity index (χ3n) is 6.04. The maximum absolute atomic E-state index is 12.7. The number of nitrogens with zero attached hydrogens (tertiary/aromatic N) is 2. The van der Waals surface area contributed by atoms with Crippen molar-refractivity contribution in [1.82, 2.24) is 14.9 Å². The summed E-state index contributed by atoms with van der Waals surface area (Å²) < 4.78 is 67.3. The molecule has 3 aliphatic rings. The number of hydrogen-bond donors (Lipinski definition) is 2. The lowest BCUT2D eigenvalue weighted by Gasteiger charge is -2.55. The molecule has 1 aliphatic carbocycles. The smallest absolute Gasteiger partial charge is 0.377 e. The number of halogens is 3. The summed E-state index contributed by atoms with van der Waals surface area (Å²) in [7, 11) is -3.60. The fourth-order valence-corrected chi connectivity index (χ4v) is 5.50. The van der Waals surface area contributed by atoms with Gasteiger partial charge in [-0.3, -0.25) is 4.99 Å². The first-order valence-corrected chi connectivity index (χ1v) is 10.6. The molecule has 0 radical (unpaired) electrons. The first-order chi connectivity index (χ1) is 12.5. The third kappa shape index (κ3) is 3.65. The number of nitrogens with one attached hydrogen (secondary N) is 2. The van der Waals surface area contributed by atoms with Gasteiger partial charge in [0.25, 0.3) is 0 Å². The molecule has 3 fully saturated rings. The Morgan fingerprint density at radius 2 is 1.81 bits per heavy atom. The Balaban J connectivity index is 1.54. The van der Waals surface area contributed by atoms with Crippen LogP contribution in [-0.2, 0) is 14.8 Å². The summed E-state index contributed by atoms with van der Waals surface area (Å²) in [6.45, 7) is 4.72. The summed E-state index contributed by atoms with van der Waals surface area (Å²) >= 11 is 0. The van der Waals surface area contributed by atoms with Crippen LogP contribution < -0.4 is 10.6 Å². The van der Waals surface area contributed by atoms with Crippen molar-refractivity contribution in [2.75, 3.05) is 26.7 Å². The molecule has 2 saturated heterocycles. The van der Waals surface area contributed by atoms with Crippen molar-refractivity contribution < 1.29 is 26.3 Å². The van der Waals surface area contributed by atoms with E-state index in [1.165, 1.54) is 0 Å². The molecular weight excluding hydrogens is 385 g/mol. The van der Waals surface area contributed by atoms with E-state index >= 15 is 0 Å². The molecule has 0 aromatic rings. The molecule has 0 aromatic heterocycles. The van der Waals surface area contributed by atoms with Crippen molar-refractivity contribution in [2.45, 2.75) is 56.8 Å². The second-order valence-corrected chi connectivity index (χ2v) is 9.96. The predicted octanol–water partition coefficient (Wildman–Crippen LogP) is 1.28. The van der Waals surface area contributed by atoms with Crippen molar-refractivity contribution in [3.63, 3.8) is 0 Å². The number of guanidine groups is 1. The average molecular weight is 412 g/mol. The summed E-state index contributed by atoms with van der Waals surface area (Å²) in [5.41, 5.74) is -5.27. The first-order valence-electron chi connectivity index (χ1n) is 9.16. The van der Waals surface area contributed by atoms with Crippen LogP contribution in [0.2, 0.25) is 0 Å². The van der Waals surface area contributed by atoms with Crippen molar-refractivity contribution in [3.05, 3.63) is 0 Å². The van der Waals surface area contributed by atoms with Gasteiger partial charge in [0, 0.05) is 50.2 Å². The molecule has 0 aromatic carbocycles. The monoisotopic (exact) mass is 412 g/mol. The van der Waals surface area contributed by atoms with E-state index in [-0.39, 0.29) is 36.7 Å². The Hall–Kier alpha value is -1.07. The molecule has 2 heterocycles. The van der Waals surface area contributed by atoms with Crippen molar-refractivity contribution in [3.8, 4) is 0 Å². The summed E-state index contributed by atoms with van der Waals surface area (Å²) in [4.78, 5) is 4.23. The molecule has 7 nitrogen and oxygen atoms in total. The van der Waals surface area contributed by atoms with E-state index in [0.29, 0.717) is 29.0 Å². The topological polar surface area (TPSA) is 83.0 Å². The lowest BCUT2D eigenvalue weighted by molar-refractivity contribution is -0.106. The molecular formula is C16H27F3N4O3S. The molecule has 11 heteroatoms. The Labute approximate surface area is 157 Å². The van der Waals surface area contributed by atoms with Gasteiger partial charge in [-0.15, -0.1) is 0 Å². The number of piperidine rings is 1. The lowest BCUT2D eigenvalue weighted by Crippen LogP contribution is -2.68. The Bertz CT molecular complexity index is 688. The van der Waals surface area contributed by atoms with Gasteiger partial charge in [0.05, 0.1) is 6.10 Å². The van der Waals surface area contributed by atoms with Crippen LogP contribution >= 0.6 is 0 Å². The maximum atomic E-state index is 12.7. The van der Waals surface area contributed by atoms with Gasteiger partial charge in [0.15, 0.2) is 5.96 Å². The van der Waals surface area contributed by atoms with Gasteiger partial charge in [0.2, 0.25) is 0 Å². The highest BCUT2D eigenvalue weighted by molar-refractivity contribution is 7.90. The average Bonchev–Trinajstić information content (AvgIpc) is 3.05. The molecule has 0 amide bonds. The van der Waals surface area contributed by atoms with Crippen LogP contribution in [0, 0.1) is 11.3 Å². The summed E-state index contributed by atoms with van der Waals surface area (Å²) in [5.74, 6) is 1.02. The third-order valence-corrected chi connectivity index (χ3v) is 7.67. The van der Waals surface area contributed by atoms with Crippen molar-refractivity contribution in [1.29, 1.82) is 0 Å². The van der Waals surface area contributed by atoms with Crippen LogP contribution in [0.4, 0.5) is 13.2 Å². The predicted molar refractivity (Wildman–Crippen MR) is 94.6 cm³/mol. The largest absolute Gasteiger partial charge is 0.511 e. The molecule has 2 N–H and O–H groups in total. The number of ether oxygens (including phenoxy) is 1. The van der Waals surface area contributed by atoms with Gasteiger partial charge in [-0.2, -0.15) is 17.5 Å². The summed E-state index contributed by atoms with van der Waals surface area (Å²) in [5, 5.41) is 6.65. The van der Waals surface area contributed by atoms with Crippen LogP contribution in [0.1, 0.15) is 33.1 Å². The quantitative estimate of drug-likeness (QED) is 0.539. The zero-order valence-corrected chi connectivity index (χ0v) is 16.5. The molecule has 156 valence electrons. The van der Waals surface area contributed by atoms with Gasteiger partial charge >= 0.3 is 15.5 Å². The van der Waals surface area contributed by atoms with E-state index < -0.39 is 15.5 Å². The zero-order chi connectivity index (χ0) is 20.0. The second kappa shape index (κ2) is 7.07. The number of hydrogen-bond acceptors (Lipinski definition) is 4. The molecule has 3 atom stereocenters. The summed E-state index contributed by atoms with van der Waals surface area (Å²) in [6.07, 6.45) is 1.82. The molecule has 3 unspecified atom stereocenters. The summed E-state index contributed by atoms with van der Waals surface area (Å²) in [6, 6.07) is 0.0802. The van der Waals surface area contributed by atoms with Crippen LogP contribution in [0.15, 0.2) is 4.99 Å². The SMILES string of the molecule is CN=C(NC1CCN(S(=O)(=O)C(F)(F)F)CC1)NC1C2CCOC2C1(C)C. The fraction of sp³-hybridized carbons (Fsp3) is 0.938. The number of sulfonamides is 1. The Morgan fingerprint density at radius 3 is 2.37 bits per heavy atom. The van der Waals surface area contributed by atoms with E-state index in [9.17, 15) is 21.6 Å². The molecule has 0 spiro atoms. The molecule has 2 aliphatic heterocycles. The van der Waals surface area contributed by atoms with Crippen LogP contribution in [0.3, 0.4) is 0 Å². The van der Waals surface area contributed by atoms with Gasteiger partial charge in [-0.05, 0) is 19.3 Å². The van der Waals surface area contributed by atoms with Gasteiger partial charge in [-0.1, -0.05) is 13.8 Å². The van der Waals surface area contributed by atoms with Crippen molar-refractivity contribution >= 4 is 16.0 Å². The van der Waals surface area contributed by atoms with Crippen LogP contribution in [0.25, 0.3) is 0 Å². The van der Waals surface area contributed by atoms with E-state index in [0.717, 1.165) is 13.0 Å². The minimum absolute atomic E-state index is 0.0249. The van der Waals surface area contributed by atoms with E-state index in [1.807, 2.05) is 0 Å². The fourth-order valence-electron chi connectivity index (χ4n) is 4.52.